The first-order valence-electron chi connectivity index (χ1n) is 8.16. The number of hydrogen-bond acceptors (Lipinski definition) is 3. The maximum Gasteiger partial charge on any atom is 0.0809 e. The minimum absolute atomic E-state index is 0.369. The van der Waals surface area contributed by atoms with E-state index >= 15 is 0 Å². The summed E-state index contributed by atoms with van der Waals surface area (Å²) in [6.45, 7) is 8.44. The molecule has 3 unspecified atom stereocenters. The number of nitrogens with one attached hydrogen (secondary N) is 1. The molecule has 1 saturated heterocycles. The summed E-state index contributed by atoms with van der Waals surface area (Å²) in [5.74, 6) is 1.77. The fraction of sp³-hybridized carbons (Fsp3) is 1.00. The predicted molar refractivity (Wildman–Crippen MR) is 78.4 cm³/mol. The fourth-order valence-electron chi connectivity index (χ4n) is 3.58. The van der Waals surface area contributed by atoms with Crippen molar-refractivity contribution in [2.45, 2.75) is 64.5 Å². The molecule has 0 aromatic carbocycles. The first kappa shape index (κ1) is 15.3. The zero-order valence-electron chi connectivity index (χ0n) is 12.7. The van der Waals surface area contributed by atoms with Crippen LogP contribution in [0, 0.1) is 11.8 Å². The van der Waals surface area contributed by atoms with Gasteiger partial charge in [-0.3, -0.25) is 0 Å². The lowest BCUT2D eigenvalue weighted by Gasteiger charge is -2.32. The first-order chi connectivity index (χ1) is 9.24. The van der Waals surface area contributed by atoms with Crippen LogP contribution >= 0.6 is 0 Å². The summed E-state index contributed by atoms with van der Waals surface area (Å²) in [6, 6.07) is 0.733. The van der Waals surface area contributed by atoms with Crippen molar-refractivity contribution in [3.8, 4) is 0 Å². The second-order valence-electron chi connectivity index (χ2n) is 6.63. The Hall–Kier alpha value is -0.120. The van der Waals surface area contributed by atoms with Gasteiger partial charge in [0, 0.05) is 19.3 Å². The van der Waals surface area contributed by atoms with Crippen LogP contribution in [0.3, 0.4) is 0 Å². The Labute approximate surface area is 118 Å². The molecule has 3 heteroatoms. The molecule has 0 radical (unpaired) electrons. The lowest BCUT2D eigenvalue weighted by molar-refractivity contribution is 0.0164. The van der Waals surface area contributed by atoms with Gasteiger partial charge in [-0.2, -0.15) is 0 Å². The largest absolute Gasteiger partial charge is 0.379 e. The maximum absolute atomic E-state index is 5.68. The molecule has 2 fully saturated rings. The molecule has 2 rings (SSSR count). The van der Waals surface area contributed by atoms with Gasteiger partial charge in [-0.15, -0.1) is 0 Å². The van der Waals surface area contributed by atoms with E-state index in [2.05, 4.69) is 19.2 Å². The summed E-state index contributed by atoms with van der Waals surface area (Å²) in [5, 5.41) is 3.70. The number of hydrogen-bond donors (Lipinski definition) is 1. The van der Waals surface area contributed by atoms with Gasteiger partial charge in [-0.05, 0) is 56.9 Å². The number of ether oxygens (including phenoxy) is 2. The molecule has 3 atom stereocenters. The monoisotopic (exact) mass is 269 g/mol. The second kappa shape index (κ2) is 8.23. The van der Waals surface area contributed by atoms with Crippen LogP contribution in [-0.4, -0.2) is 38.5 Å². The van der Waals surface area contributed by atoms with E-state index in [-0.39, 0.29) is 0 Å². The van der Waals surface area contributed by atoms with E-state index in [1.165, 1.54) is 32.1 Å². The minimum atomic E-state index is 0.369. The van der Waals surface area contributed by atoms with Crippen molar-refractivity contribution in [3.05, 3.63) is 0 Å². The highest BCUT2D eigenvalue weighted by atomic mass is 16.5. The van der Waals surface area contributed by atoms with Gasteiger partial charge in [0.15, 0.2) is 0 Å². The van der Waals surface area contributed by atoms with Crippen LogP contribution in [-0.2, 0) is 9.47 Å². The average Bonchev–Trinajstić information content (AvgIpc) is 2.85. The molecule has 2 aliphatic rings. The third-order valence-corrected chi connectivity index (χ3v) is 4.40. The summed E-state index contributed by atoms with van der Waals surface area (Å²) in [7, 11) is 0. The van der Waals surface area contributed by atoms with Crippen molar-refractivity contribution >= 4 is 0 Å². The zero-order chi connectivity index (χ0) is 13.5. The van der Waals surface area contributed by atoms with E-state index in [1.54, 1.807) is 0 Å². The molecule has 0 aromatic heterocycles. The van der Waals surface area contributed by atoms with Crippen molar-refractivity contribution in [1.29, 1.82) is 0 Å². The molecular weight excluding hydrogens is 238 g/mol. The van der Waals surface area contributed by atoms with E-state index < -0.39 is 0 Å². The Morgan fingerprint density at radius 1 is 1.16 bits per heavy atom. The smallest absolute Gasteiger partial charge is 0.0809 e. The maximum atomic E-state index is 5.68. The molecule has 112 valence electrons. The third-order valence-electron chi connectivity index (χ3n) is 4.40. The van der Waals surface area contributed by atoms with Gasteiger partial charge in [0.2, 0.25) is 0 Å². The summed E-state index contributed by atoms with van der Waals surface area (Å²) in [4.78, 5) is 0. The molecule has 19 heavy (non-hydrogen) atoms. The highest BCUT2D eigenvalue weighted by Crippen LogP contribution is 2.28. The Bertz CT molecular complexity index is 231. The SMILES string of the molecule is CC1CC(C)CC(NCCCOCC2CCCO2)C1. The summed E-state index contributed by atoms with van der Waals surface area (Å²) < 4.78 is 11.2. The van der Waals surface area contributed by atoms with Crippen molar-refractivity contribution < 1.29 is 9.47 Å². The third kappa shape index (κ3) is 5.80. The predicted octanol–water partition coefficient (Wildman–Crippen LogP) is 2.99. The minimum Gasteiger partial charge on any atom is -0.379 e. The molecule has 1 aliphatic heterocycles. The quantitative estimate of drug-likeness (QED) is 0.721. The van der Waals surface area contributed by atoms with Crippen LogP contribution in [0.2, 0.25) is 0 Å². The molecule has 0 spiro atoms. The van der Waals surface area contributed by atoms with Gasteiger partial charge in [0.1, 0.15) is 0 Å². The number of rotatable bonds is 7. The summed E-state index contributed by atoms with van der Waals surface area (Å²) in [5.41, 5.74) is 0. The first-order valence-corrected chi connectivity index (χ1v) is 8.16. The van der Waals surface area contributed by atoms with Crippen LogP contribution in [0.4, 0.5) is 0 Å². The van der Waals surface area contributed by atoms with Crippen molar-refractivity contribution in [3.63, 3.8) is 0 Å². The molecule has 1 aliphatic carbocycles. The summed E-state index contributed by atoms with van der Waals surface area (Å²) in [6.07, 6.45) is 7.97. The van der Waals surface area contributed by atoms with Gasteiger partial charge in [0.05, 0.1) is 12.7 Å². The highest BCUT2D eigenvalue weighted by Gasteiger charge is 2.23. The molecule has 0 amide bonds. The zero-order valence-corrected chi connectivity index (χ0v) is 12.7. The molecule has 1 N–H and O–H groups in total. The fourth-order valence-corrected chi connectivity index (χ4v) is 3.58. The van der Waals surface area contributed by atoms with E-state index in [0.29, 0.717) is 6.10 Å². The molecule has 0 bridgehead atoms. The Kier molecular flexibility index (Phi) is 6.62. The van der Waals surface area contributed by atoms with E-state index in [0.717, 1.165) is 50.7 Å². The Balaban J connectivity index is 1.45. The van der Waals surface area contributed by atoms with Gasteiger partial charge in [-0.1, -0.05) is 13.8 Å². The standard InChI is InChI=1S/C16H31NO2/c1-13-9-14(2)11-15(10-13)17-6-4-7-18-12-16-5-3-8-19-16/h13-17H,3-12H2,1-2H3. The van der Waals surface area contributed by atoms with Crippen LogP contribution in [0.1, 0.15) is 52.4 Å². The second-order valence-corrected chi connectivity index (χ2v) is 6.63. The molecule has 3 nitrogen and oxygen atoms in total. The van der Waals surface area contributed by atoms with Crippen LogP contribution in [0.25, 0.3) is 0 Å². The molecule has 1 heterocycles. The van der Waals surface area contributed by atoms with Crippen molar-refractivity contribution in [2.24, 2.45) is 11.8 Å². The van der Waals surface area contributed by atoms with Crippen molar-refractivity contribution in [1.82, 2.24) is 5.32 Å². The van der Waals surface area contributed by atoms with E-state index in [4.69, 9.17) is 9.47 Å². The lowest BCUT2D eigenvalue weighted by atomic mass is 9.80. The Morgan fingerprint density at radius 3 is 2.63 bits per heavy atom. The van der Waals surface area contributed by atoms with Gasteiger partial charge in [-0.25, -0.2) is 0 Å². The van der Waals surface area contributed by atoms with Crippen molar-refractivity contribution in [2.75, 3.05) is 26.4 Å². The average molecular weight is 269 g/mol. The topological polar surface area (TPSA) is 30.5 Å². The summed E-state index contributed by atoms with van der Waals surface area (Å²) >= 11 is 0. The molecule has 0 aromatic rings. The molecular formula is C16H31NO2. The van der Waals surface area contributed by atoms with Gasteiger partial charge in [0.25, 0.3) is 0 Å². The van der Waals surface area contributed by atoms with E-state index in [9.17, 15) is 0 Å². The van der Waals surface area contributed by atoms with Gasteiger partial charge >= 0.3 is 0 Å². The molecule has 1 saturated carbocycles. The van der Waals surface area contributed by atoms with Crippen LogP contribution in [0.5, 0.6) is 0 Å². The highest BCUT2D eigenvalue weighted by molar-refractivity contribution is 4.79. The van der Waals surface area contributed by atoms with Gasteiger partial charge < -0.3 is 14.8 Å². The Morgan fingerprint density at radius 2 is 1.95 bits per heavy atom. The van der Waals surface area contributed by atoms with E-state index in [1.807, 2.05) is 0 Å². The lowest BCUT2D eigenvalue weighted by Crippen LogP contribution is -2.37. The van der Waals surface area contributed by atoms with Crippen LogP contribution < -0.4 is 5.32 Å². The normalized spacial score (nSPS) is 35.7. The van der Waals surface area contributed by atoms with Crippen LogP contribution in [0.15, 0.2) is 0 Å².